The Bertz CT molecular complexity index is 777. The van der Waals surface area contributed by atoms with Crippen LogP contribution in [0.4, 0.5) is 5.82 Å². The Hall–Kier alpha value is -2.04. The molecule has 2 heterocycles. The quantitative estimate of drug-likeness (QED) is 0.775. The molecule has 0 atom stereocenters. The van der Waals surface area contributed by atoms with Gasteiger partial charge in [0.15, 0.2) is 0 Å². The maximum atomic E-state index is 6.16. The number of benzene rings is 1. The summed E-state index contributed by atoms with van der Waals surface area (Å²) in [7, 11) is 1.80. The van der Waals surface area contributed by atoms with E-state index in [4.69, 9.17) is 28.9 Å². The molecular weight excluding hydrogens is 307 g/mol. The number of pyridine rings is 1. The Balaban J connectivity index is 2.26. The number of halogens is 2. The number of nitrogens with two attached hydrogens (primary N) is 1. The van der Waals surface area contributed by atoms with Crippen LogP contribution in [-0.2, 0) is 7.05 Å². The van der Waals surface area contributed by atoms with Gasteiger partial charge in [-0.25, -0.2) is 0 Å². The zero-order valence-electron chi connectivity index (χ0n) is 11.2. The van der Waals surface area contributed by atoms with E-state index in [0.29, 0.717) is 15.9 Å². The standard InChI is InChI=1S/C15H12Cl2N4/c1-21-15(18)13(9-2-4-19-5-3-9)14(20-21)10-6-11(16)8-12(17)7-10/h2-8H,18H2,1H3. The Kier molecular flexibility index (Phi) is 3.57. The van der Waals surface area contributed by atoms with Crippen LogP contribution in [0, 0.1) is 0 Å². The van der Waals surface area contributed by atoms with E-state index < -0.39 is 0 Å². The van der Waals surface area contributed by atoms with Gasteiger partial charge in [0.2, 0.25) is 0 Å². The molecule has 1 aromatic carbocycles. The van der Waals surface area contributed by atoms with E-state index in [1.807, 2.05) is 24.3 Å². The zero-order valence-corrected chi connectivity index (χ0v) is 12.7. The normalized spacial score (nSPS) is 10.8. The lowest BCUT2D eigenvalue weighted by Crippen LogP contribution is -1.97. The summed E-state index contributed by atoms with van der Waals surface area (Å²) >= 11 is 12.2. The first-order valence-corrected chi connectivity index (χ1v) is 7.01. The van der Waals surface area contributed by atoms with E-state index in [2.05, 4.69) is 10.1 Å². The molecule has 21 heavy (non-hydrogen) atoms. The zero-order chi connectivity index (χ0) is 15.0. The van der Waals surface area contributed by atoms with Gasteiger partial charge in [-0.3, -0.25) is 9.67 Å². The van der Waals surface area contributed by atoms with Gasteiger partial charge >= 0.3 is 0 Å². The van der Waals surface area contributed by atoms with Crippen molar-refractivity contribution < 1.29 is 0 Å². The molecule has 0 aliphatic heterocycles. The third kappa shape index (κ3) is 2.60. The number of rotatable bonds is 2. The van der Waals surface area contributed by atoms with Gasteiger partial charge in [0.25, 0.3) is 0 Å². The summed E-state index contributed by atoms with van der Waals surface area (Å²) in [4.78, 5) is 4.03. The average molecular weight is 319 g/mol. The van der Waals surface area contributed by atoms with Crippen LogP contribution in [0.5, 0.6) is 0 Å². The first-order chi connectivity index (χ1) is 10.1. The summed E-state index contributed by atoms with van der Waals surface area (Å²) in [6.45, 7) is 0. The summed E-state index contributed by atoms with van der Waals surface area (Å²) < 4.78 is 1.64. The Morgan fingerprint density at radius 1 is 1.00 bits per heavy atom. The minimum Gasteiger partial charge on any atom is -0.383 e. The predicted molar refractivity (Wildman–Crippen MR) is 86.3 cm³/mol. The second-order valence-electron chi connectivity index (χ2n) is 4.63. The fourth-order valence-electron chi connectivity index (χ4n) is 2.23. The van der Waals surface area contributed by atoms with Gasteiger partial charge < -0.3 is 5.73 Å². The topological polar surface area (TPSA) is 56.7 Å². The Morgan fingerprint density at radius 3 is 2.24 bits per heavy atom. The highest BCUT2D eigenvalue weighted by Gasteiger charge is 2.18. The van der Waals surface area contributed by atoms with Gasteiger partial charge in [0.1, 0.15) is 11.5 Å². The van der Waals surface area contributed by atoms with E-state index in [-0.39, 0.29) is 0 Å². The minimum absolute atomic E-state index is 0.558. The lowest BCUT2D eigenvalue weighted by Gasteiger charge is -2.05. The van der Waals surface area contributed by atoms with E-state index >= 15 is 0 Å². The highest BCUT2D eigenvalue weighted by atomic mass is 35.5. The molecule has 4 nitrogen and oxygen atoms in total. The number of aryl methyl sites for hydroxylation is 1. The molecule has 0 unspecified atom stereocenters. The molecule has 0 amide bonds. The van der Waals surface area contributed by atoms with Gasteiger partial charge in [-0.2, -0.15) is 5.10 Å². The molecule has 0 saturated carbocycles. The van der Waals surface area contributed by atoms with Crippen LogP contribution in [-0.4, -0.2) is 14.8 Å². The summed E-state index contributed by atoms with van der Waals surface area (Å²) in [5.74, 6) is 0.576. The molecule has 3 aromatic rings. The molecular formula is C15H12Cl2N4. The van der Waals surface area contributed by atoms with Gasteiger partial charge in [0, 0.05) is 35.1 Å². The van der Waals surface area contributed by atoms with Crippen LogP contribution in [0.25, 0.3) is 22.4 Å². The van der Waals surface area contributed by atoms with Crippen molar-refractivity contribution in [3.8, 4) is 22.4 Å². The smallest absolute Gasteiger partial charge is 0.129 e. The van der Waals surface area contributed by atoms with Crippen molar-refractivity contribution in [3.05, 3.63) is 52.8 Å². The predicted octanol–water partition coefficient (Wildman–Crippen LogP) is 4.04. The Labute approximate surface area is 132 Å². The minimum atomic E-state index is 0.558. The fourth-order valence-corrected chi connectivity index (χ4v) is 2.76. The molecule has 3 rings (SSSR count). The second kappa shape index (κ2) is 5.39. The number of nitrogens with zero attached hydrogens (tertiary/aromatic N) is 3. The van der Waals surface area contributed by atoms with Gasteiger partial charge in [-0.05, 0) is 35.9 Å². The van der Waals surface area contributed by atoms with Crippen LogP contribution in [0.15, 0.2) is 42.7 Å². The largest absolute Gasteiger partial charge is 0.383 e. The SMILES string of the molecule is Cn1nc(-c2cc(Cl)cc(Cl)c2)c(-c2ccncc2)c1N. The first-order valence-electron chi connectivity index (χ1n) is 6.25. The molecule has 0 aliphatic rings. The highest BCUT2D eigenvalue weighted by Crippen LogP contribution is 2.37. The summed E-state index contributed by atoms with van der Waals surface area (Å²) in [6.07, 6.45) is 3.44. The number of hydrogen-bond acceptors (Lipinski definition) is 3. The fraction of sp³-hybridized carbons (Fsp3) is 0.0667. The van der Waals surface area contributed by atoms with E-state index in [9.17, 15) is 0 Å². The summed E-state index contributed by atoms with van der Waals surface area (Å²) in [5, 5.41) is 5.61. The van der Waals surface area contributed by atoms with Gasteiger partial charge in [0.05, 0.1) is 5.56 Å². The van der Waals surface area contributed by atoms with Crippen LogP contribution in [0.2, 0.25) is 10.0 Å². The number of anilines is 1. The van der Waals surface area contributed by atoms with E-state index in [1.54, 1.807) is 30.2 Å². The number of nitrogen functional groups attached to an aromatic ring is 1. The maximum absolute atomic E-state index is 6.16. The van der Waals surface area contributed by atoms with Crippen molar-refractivity contribution in [2.75, 3.05) is 5.73 Å². The second-order valence-corrected chi connectivity index (χ2v) is 5.50. The monoisotopic (exact) mass is 318 g/mol. The van der Waals surface area contributed by atoms with Crippen LogP contribution < -0.4 is 5.73 Å². The molecule has 2 N–H and O–H groups in total. The van der Waals surface area contributed by atoms with Crippen molar-refractivity contribution in [2.45, 2.75) is 0 Å². The van der Waals surface area contributed by atoms with Gasteiger partial charge in [-0.15, -0.1) is 0 Å². The number of hydrogen-bond donors (Lipinski definition) is 1. The third-order valence-corrected chi connectivity index (χ3v) is 3.63. The van der Waals surface area contributed by atoms with Crippen molar-refractivity contribution in [2.24, 2.45) is 7.05 Å². The number of aromatic nitrogens is 3. The molecule has 0 saturated heterocycles. The van der Waals surface area contributed by atoms with E-state index in [0.717, 1.165) is 22.4 Å². The molecule has 2 aromatic heterocycles. The van der Waals surface area contributed by atoms with Crippen LogP contribution >= 0.6 is 23.2 Å². The lowest BCUT2D eigenvalue weighted by molar-refractivity contribution is 0.782. The molecule has 106 valence electrons. The van der Waals surface area contributed by atoms with Crippen molar-refractivity contribution >= 4 is 29.0 Å². The average Bonchev–Trinajstić information content (AvgIpc) is 2.75. The summed E-state index contributed by atoms with van der Waals surface area (Å²) in [5.41, 5.74) is 9.52. The van der Waals surface area contributed by atoms with Crippen LogP contribution in [0.3, 0.4) is 0 Å². The van der Waals surface area contributed by atoms with Gasteiger partial charge in [-0.1, -0.05) is 23.2 Å². The molecule has 0 radical (unpaired) electrons. The molecule has 0 fully saturated rings. The summed E-state index contributed by atoms with van der Waals surface area (Å²) in [6, 6.07) is 9.11. The van der Waals surface area contributed by atoms with Crippen molar-refractivity contribution in [3.63, 3.8) is 0 Å². The van der Waals surface area contributed by atoms with Crippen molar-refractivity contribution in [1.29, 1.82) is 0 Å². The van der Waals surface area contributed by atoms with Crippen molar-refractivity contribution in [1.82, 2.24) is 14.8 Å². The third-order valence-electron chi connectivity index (χ3n) is 3.20. The molecule has 0 spiro atoms. The van der Waals surface area contributed by atoms with Crippen LogP contribution in [0.1, 0.15) is 0 Å². The first kappa shape index (κ1) is 13.9. The van der Waals surface area contributed by atoms with E-state index in [1.165, 1.54) is 0 Å². The molecule has 0 bridgehead atoms. The maximum Gasteiger partial charge on any atom is 0.129 e. The molecule has 6 heteroatoms. The lowest BCUT2D eigenvalue weighted by atomic mass is 10.0. The molecule has 0 aliphatic carbocycles. The Morgan fingerprint density at radius 2 is 1.62 bits per heavy atom. The highest BCUT2D eigenvalue weighted by molar-refractivity contribution is 6.35.